The number of hydrogen-bond acceptors (Lipinski definition) is 3. The van der Waals surface area contributed by atoms with E-state index in [4.69, 9.17) is 0 Å². The van der Waals surface area contributed by atoms with Crippen LogP contribution in [-0.4, -0.2) is 16.0 Å². The normalized spacial score (nSPS) is 39.7. The summed E-state index contributed by atoms with van der Waals surface area (Å²) in [5.74, 6) is 5.00. The Kier molecular flexibility index (Phi) is 2.83. The predicted octanol–water partition coefficient (Wildman–Crippen LogP) is 2.70. The third kappa shape index (κ3) is 1.99. The summed E-state index contributed by atoms with van der Waals surface area (Å²) in [6, 6.07) is 2.78. The van der Waals surface area contributed by atoms with Crippen molar-refractivity contribution in [3.05, 3.63) is 23.8 Å². The van der Waals surface area contributed by atoms with Crippen molar-refractivity contribution in [3.8, 4) is 0 Å². The van der Waals surface area contributed by atoms with Crippen molar-refractivity contribution in [2.45, 2.75) is 51.6 Å². The fraction of sp³-hybridized carbons (Fsp3) is 0.750. The molecule has 2 bridgehead atoms. The first kappa shape index (κ1) is 11.8. The molecule has 0 spiro atoms. The number of nitrogens with one attached hydrogen (secondary N) is 1. The van der Waals surface area contributed by atoms with E-state index in [9.17, 15) is 0 Å². The second-order valence-electron chi connectivity index (χ2n) is 6.74. The summed E-state index contributed by atoms with van der Waals surface area (Å²) in [5.41, 5.74) is 1.14. The molecule has 5 unspecified atom stereocenters. The lowest BCUT2D eigenvalue weighted by atomic mass is 9.79. The zero-order chi connectivity index (χ0) is 12.8. The van der Waals surface area contributed by atoms with E-state index in [0.29, 0.717) is 0 Å². The van der Waals surface area contributed by atoms with Gasteiger partial charge in [0.05, 0.1) is 5.69 Å². The smallest absolute Gasteiger partial charge is 0.125 e. The van der Waals surface area contributed by atoms with E-state index < -0.39 is 0 Å². The number of aryl methyl sites for hydroxylation is 1. The van der Waals surface area contributed by atoms with Crippen LogP contribution >= 0.6 is 0 Å². The summed E-state index contributed by atoms with van der Waals surface area (Å²) in [6.45, 7) is 2.87. The second-order valence-corrected chi connectivity index (χ2v) is 6.74. The lowest BCUT2D eigenvalue weighted by Crippen LogP contribution is -2.39. The van der Waals surface area contributed by atoms with Crippen molar-refractivity contribution in [2.24, 2.45) is 23.7 Å². The summed E-state index contributed by atoms with van der Waals surface area (Å²) in [4.78, 5) is 8.65. The molecule has 5 atom stereocenters. The Bertz CT molecular complexity index is 473. The van der Waals surface area contributed by atoms with Crippen molar-refractivity contribution in [3.63, 3.8) is 0 Å². The zero-order valence-corrected chi connectivity index (χ0v) is 11.7. The highest BCUT2D eigenvalue weighted by Gasteiger charge is 2.53. The lowest BCUT2D eigenvalue weighted by molar-refractivity contribution is 0.207. The van der Waals surface area contributed by atoms with Gasteiger partial charge in [0.25, 0.3) is 0 Å². The molecule has 0 aliphatic heterocycles. The molecule has 1 heterocycles. The largest absolute Gasteiger partial charge is 0.308 e. The van der Waals surface area contributed by atoms with Crippen LogP contribution in [0.5, 0.6) is 0 Å². The van der Waals surface area contributed by atoms with Crippen LogP contribution in [0.3, 0.4) is 0 Å². The van der Waals surface area contributed by atoms with E-state index in [1.165, 1.54) is 32.1 Å². The first-order valence-electron chi connectivity index (χ1n) is 7.83. The minimum atomic E-state index is 0.750. The van der Waals surface area contributed by atoms with Crippen molar-refractivity contribution in [2.75, 3.05) is 0 Å². The number of nitrogens with zero attached hydrogens (tertiary/aromatic N) is 2. The van der Waals surface area contributed by atoms with Gasteiger partial charge in [-0.15, -0.1) is 0 Å². The van der Waals surface area contributed by atoms with Crippen LogP contribution in [0.4, 0.5) is 0 Å². The van der Waals surface area contributed by atoms with Gasteiger partial charge < -0.3 is 5.32 Å². The summed E-state index contributed by atoms with van der Waals surface area (Å²) < 4.78 is 0. The first-order valence-corrected chi connectivity index (χ1v) is 7.83. The molecule has 0 saturated heterocycles. The maximum Gasteiger partial charge on any atom is 0.125 e. The number of rotatable bonds is 3. The third-order valence-electron chi connectivity index (χ3n) is 5.81. The monoisotopic (exact) mass is 257 g/mol. The van der Waals surface area contributed by atoms with E-state index in [-0.39, 0.29) is 0 Å². The molecule has 1 aromatic heterocycles. The Morgan fingerprint density at radius 3 is 3.00 bits per heavy atom. The topological polar surface area (TPSA) is 37.8 Å². The van der Waals surface area contributed by atoms with E-state index in [0.717, 1.165) is 47.8 Å². The van der Waals surface area contributed by atoms with Gasteiger partial charge in [0.15, 0.2) is 0 Å². The Balaban J connectivity index is 1.40. The minimum absolute atomic E-state index is 0.750. The van der Waals surface area contributed by atoms with E-state index in [2.05, 4.69) is 15.3 Å². The second kappa shape index (κ2) is 4.55. The standard InChI is InChI=1S/C16H23N3/c1-10-17-6-5-12(19-10)9-18-16-8-11-7-15(16)14-4-2-3-13(11)14/h5-6,11,13-16,18H,2-4,7-9H2,1H3. The first-order chi connectivity index (χ1) is 9.31. The molecular weight excluding hydrogens is 234 g/mol. The van der Waals surface area contributed by atoms with Gasteiger partial charge in [0.2, 0.25) is 0 Å². The number of hydrogen-bond donors (Lipinski definition) is 1. The van der Waals surface area contributed by atoms with Gasteiger partial charge in [-0.25, -0.2) is 9.97 Å². The van der Waals surface area contributed by atoms with Crippen LogP contribution < -0.4 is 5.32 Å². The molecule has 1 N–H and O–H groups in total. The van der Waals surface area contributed by atoms with Gasteiger partial charge >= 0.3 is 0 Å². The summed E-state index contributed by atoms with van der Waals surface area (Å²) >= 11 is 0. The SMILES string of the molecule is Cc1nccc(CNC2CC3CC2C2CCCC32)n1. The molecule has 0 radical (unpaired) electrons. The lowest BCUT2D eigenvalue weighted by Gasteiger charge is -2.32. The van der Waals surface area contributed by atoms with Gasteiger partial charge in [0.1, 0.15) is 5.82 Å². The van der Waals surface area contributed by atoms with Crippen LogP contribution in [-0.2, 0) is 6.54 Å². The molecule has 3 aliphatic rings. The van der Waals surface area contributed by atoms with Crippen LogP contribution in [0.15, 0.2) is 12.3 Å². The fourth-order valence-electron chi connectivity index (χ4n) is 5.14. The fourth-order valence-corrected chi connectivity index (χ4v) is 5.14. The molecule has 19 heavy (non-hydrogen) atoms. The summed E-state index contributed by atoms with van der Waals surface area (Å²) in [6.07, 6.45) is 9.28. The van der Waals surface area contributed by atoms with Crippen molar-refractivity contribution in [1.82, 2.24) is 15.3 Å². The Hall–Kier alpha value is -0.960. The van der Waals surface area contributed by atoms with Crippen LogP contribution in [0.1, 0.15) is 43.6 Å². The van der Waals surface area contributed by atoms with E-state index in [1.807, 2.05) is 19.2 Å². The highest BCUT2D eigenvalue weighted by molar-refractivity contribution is 5.07. The van der Waals surface area contributed by atoms with Crippen molar-refractivity contribution >= 4 is 0 Å². The maximum atomic E-state index is 4.49. The average Bonchev–Trinajstić information content (AvgIpc) is 3.08. The molecule has 3 saturated carbocycles. The molecule has 3 nitrogen and oxygen atoms in total. The van der Waals surface area contributed by atoms with Crippen LogP contribution in [0, 0.1) is 30.6 Å². The Morgan fingerprint density at radius 1 is 1.21 bits per heavy atom. The van der Waals surface area contributed by atoms with Crippen molar-refractivity contribution in [1.29, 1.82) is 0 Å². The highest BCUT2D eigenvalue weighted by atomic mass is 15.0. The molecule has 4 rings (SSSR count). The Morgan fingerprint density at radius 2 is 2.11 bits per heavy atom. The molecule has 0 aromatic carbocycles. The van der Waals surface area contributed by atoms with Crippen LogP contribution in [0.25, 0.3) is 0 Å². The number of aromatic nitrogens is 2. The van der Waals surface area contributed by atoms with Gasteiger partial charge in [-0.1, -0.05) is 6.42 Å². The summed E-state index contributed by atoms with van der Waals surface area (Å²) in [5, 5.41) is 3.78. The van der Waals surface area contributed by atoms with Crippen molar-refractivity contribution < 1.29 is 0 Å². The predicted molar refractivity (Wildman–Crippen MR) is 74.4 cm³/mol. The van der Waals surface area contributed by atoms with E-state index >= 15 is 0 Å². The molecule has 3 aliphatic carbocycles. The molecule has 1 aromatic rings. The van der Waals surface area contributed by atoms with Gasteiger partial charge in [-0.2, -0.15) is 0 Å². The highest BCUT2D eigenvalue weighted by Crippen LogP contribution is 2.58. The van der Waals surface area contributed by atoms with E-state index in [1.54, 1.807) is 0 Å². The molecule has 0 amide bonds. The van der Waals surface area contributed by atoms with Gasteiger partial charge in [-0.3, -0.25) is 0 Å². The number of fused-ring (bicyclic) bond motifs is 5. The van der Waals surface area contributed by atoms with Gasteiger partial charge in [-0.05, 0) is 62.3 Å². The molecule has 3 heteroatoms. The maximum absolute atomic E-state index is 4.49. The molecule has 3 fully saturated rings. The molecular formula is C16H23N3. The zero-order valence-electron chi connectivity index (χ0n) is 11.7. The summed E-state index contributed by atoms with van der Waals surface area (Å²) in [7, 11) is 0. The Labute approximate surface area is 115 Å². The minimum Gasteiger partial charge on any atom is -0.308 e. The van der Waals surface area contributed by atoms with Crippen LogP contribution in [0.2, 0.25) is 0 Å². The van der Waals surface area contributed by atoms with Gasteiger partial charge in [0, 0.05) is 18.8 Å². The third-order valence-corrected chi connectivity index (χ3v) is 5.81. The quantitative estimate of drug-likeness (QED) is 0.904. The average molecular weight is 257 g/mol. The molecule has 102 valence electrons.